The highest BCUT2D eigenvalue weighted by atomic mass is 35.5. The van der Waals surface area contributed by atoms with Crippen LogP contribution in [0.3, 0.4) is 0 Å². The Bertz CT molecular complexity index is 1120. The van der Waals surface area contributed by atoms with E-state index in [2.05, 4.69) is 40.5 Å². The Balaban J connectivity index is 0.00000259. The molecular formula is C24H33ClN6O2. The van der Waals surface area contributed by atoms with Gasteiger partial charge in [-0.2, -0.15) is 0 Å². The molecule has 5 rings (SSSR count). The molecule has 9 heteroatoms. The van der Waals surface area contributed by atoms with Crippen LogP contribution in [0.1, 0.15) is 30.3 Å². The lowest BCUT2D eigenvalue weighted by molar-refractivity contribution is 0.0708. The molecule has 33 heavy (non-hydrogen) atoms. The minimum Gasteiger partial charge on any atom is -0.497 e. The SMILES string of the molecule is COc1ccc(-c2nc3c(N4CCN(C)CC4)nc(C)nc3n2C2CCOCC2)c(C)c1.Cl. The first-order valence-corrected chi connectivity index (χ1v) is 11.5. The summed E-state index contributed by atoms with van der Waals surface area (Å²) in [6.07, 6.45) is 1.92. The van der Waals surface area contributed by atoms with Gasteiger partial charge < -0.3 is 23.8 Å². The van der Waals surface area contributed by atoms with Crippen LogP contribution in [0.5, 0.6) is 5.75 Å². The minimum absolute atomic E-state index is 0. The molecule has 0 unspecified atom stereocenters. The predicted molar refractivity (Wildman–Crippen MR) is 133 cm³/mol. The second-order valence-electron chi connectivity index (χ2n) is 8.89. The van der Waals surface area contributed by atoms with E-state index in [1.807, 2.05) is 13.0 Å². The van der Waals surface area contributed by atoms with Crippen molar-refractivity contribution < 1.29 is 9.47 Å². The number of hydrogen-bond acceptors (Lipinski definition) is 7. The van der Waals surface area contributed by atoms with Gasteiger partial charge in [0, 0.05) is 51.0 Å². The number of aryl methyl sites for hydroxylation is 2. The lowest BCUT2D eigenvalue weighted by Gasteiger charge is -2.33. The number of methoxy groups -OCH3 is 1. The molecule has 0 atom stereocenters. The Morgan fingerprint density at radius 3 is 2.39 bits per heavy atom. The number of hydrogen-bond donors (Lipinski definition) is 0. The molecule has 2 fully saturated rings. The van der Waals surface area contributed by atoms with Crippen LogP contribution in [-0.4, -0.2) is 78.0 Å². The zero-order valence-electron chi connectivity index (χ0n) is 19.9. The number of fused-ring (bicyclic) bond motifs is 1. The third-order valence-electron chi connectivity index (χ3n) is 6.67. The van der Waals surface area contributed by atoms with E-state index >= 15 is 0 Å². The highest BCUT2D eigenvalue weighted by molar-refractivity contribution is 5.88. The molecule has 2 aromatic heterocycles. The third-order valence-corrected chi connectivity index (χ3v) is 6.67. The molecule has 2 saturated heterocycles. The Morgan fingerprint density at radius 1 is 1.00 bits per heavy atom. The maximum atomic E-state index is 5.67. The second-order valence-corrected chi connectivity index (χ2v) is 8.89. The highest BCUT2D eigenvalue weighted by Gasteiger charge is 2.28. The van der Waals surface area contributed by atoms with Gasteiger partial charge in [0.15, 0.2) is 17.0 Å². The van der Waals surface area contributed by atoms with Crippen LogP contribution in [-0.2, 0) is 4.74 Å². The number of anilines is 1. The van der Waals surface area contributed by atoms with E-state index in [0.717, 1.165) is 97.7 Å². The van der Waals surface area contributed by atoms with Gasteiger partial charge in [-0.3, -0.25) is 0 Å². The number of imidazole rings is 1. The zero-order chi connectivity index (χ0) is 22.2. The molecule has 0 aliphatic carbocycles. The van der Waals surface area contributed by atoms with E-state index in [1.54, 1.807) is 7.11 Å². The van der Waals surface area contributed by atoms with E-state index in [4.69, 9.17) is 24.4 Å². The number of ether oxygens (including phenoxy) is 2. The second kappa shape index (κ2) is 9.83. The van der Waals surface area contributed by atoms with Crippen LogP contribution < -0.4 is 9.64 Å². The fourth-order valence-corrected chi connectivity index (χ4v) is 4.80. The van der Waals surface area contributed by atoms with Gasteiger partial charge in [0.25, 0.3) is 0 Å². The number of nitrogens with zero attached hydrogens (tertiary/aromatic N) is 6. The summed E-state index contributed by atoms with van der Waals surface area (Å²) < 4.78 is 13.5. The molecule has 0 radical (unpaired) electrons. The lowest BCUT2D eigenvalue weighted by Crippen LogP contribution is -2.45. The summed E-state index contributed by atoms with van der Waals surface area (Å²) >= 11 is 0. The van der Waals surface area contributed by atoms with Gasteiger partial charge in [-0.15, -0.1) is 12.4 Å². The van der Waals surface area contributed by atoms with E-state index in [9.17, 15) is 0 Å². The van der Waals surface area contributed by atoms with Crippen molar-refractivity contribution in [1.82, 2.24) is 24.4 Å². The summed E-state index contributed by atoms with van der Waals surface area (Å²) in [4.78, 5) is 19.7. The fraction of sp³-hybridized carbons (Fsp3) is 0.542. The Labute approximate surface area is 201 Å². The summed E-state index contributed by atoms with van der Waals surface area (Å²) in [6, 6.07) is 6.50. The van der Waals surface area contributed by atoms with Crippen molar-refractivity contribution in [3.8, 4) is 17.1 Å². The van der Waals surface area contributed by atoms with Gasteiger partial charge >= 0.3 is 0 Å². The largest absolute Gasteiger partial charge is 0.497 e. The summed E-state index contributed by atoms with van der Waals surface area (Å²) in [5, 5.41) is 0. The van der Waals surface area contributed by atoms with Crippen LogP contribution in [0.2, 0.25) is 0 Å². The molecule has 3 aromatic rings. The molecular weight excluding hydrogens is 440 g/mol. The molecule has 2 aliphatic heterocycles. The van der Waals surface area contributed by atoms with Crippen molar-refractivity contribution in [2.24, 2.45) is 0 Å². The first-order valence-electron chi connectivity index (χ1n) is 11.5. The van der Waals surface area contributed by atoms with Gasteiger partial charge in [0.05, 0.1) is 7.11 Å². The van der Waals surface area contributed by atoms with E-state index in [1.165, 1.54) is 0 Å². The Morgan fingerprint density at radius 2 is 1.73 bits per heavy atom. The van der Waals surface area contributed by atoms with Crippen LogP contribution in [0.15, 0.2) is 18.2 Å². The smallest absolute Gasteiger partial charge is 0.166 e. The number of halogens is 1. The molecule has 1 aromatic carbocycles. The lowest BCUT2D eigenvalue weighted by atomic mass is 10.1. The quantitative estimate of drug-likeness (QED) is 0.574. The van der Waals surface area contributed by atoms with Crippen LogP contribution >= 0.6 is 12.4 Å². The molecule has 0 amide bonds. The van der Waals surface area contributed by atoms with Crippen molar-refractivity contribution in [2.45, 2.75) is 32.7 Å². The summed E-state index contributed by atoms with van der Waals surface area (Å²) in [6.45, 7) is 9.57. The maximum Gasteiger partial charge on any atom is 0.166 e. The van der Waals surface area contributed by atoms with Gasteiger partial charge in [-0.05, 0) is 57.5 Å². The van der Waals surface area contributed by atoms with E-state index in [0.29, 0.717) is 6.04 Å². The van der Waals surface area contributed by atoms with E-state index < -0.39 is 0 Å². The summed E-state index contributed by atoms with van der Waals surface area (Å²) in [5.41, 5.74) is 4.08. The number of likely N-dealkylation sites (N-methyl/N-ethyl adjacent to an activating group) is 1. The first-order chi connectivity index (χ1) is 15.5. The summed E-state index contributed by atoms with van der Waals surface area (Å²) in [7, 11) is 3.87. The van der Waals surface area contributed by atoms with Crippen LogP contribution in [0.4, 0.5) is 5.82 Å². The minimum atomic E-state index is 0. The number of aromatic nitrogens is 4. The molecule has 0 spiro atoms. The summed E-state index contributed by atoms with van der Waals surface area (Å²) in [5.74, 6) is 3.56. The maximum absolute atomic E-state index is 5.67. The standard InChI is InChI=1S/C24H32N6O2.ClH/c1-16-15-19(31-4)5-6-20(16)22-27-21-23(29-11-9-28(3)10-12-29)25-17(2)26-24(21)30(22)18-7-13-32-14-8-18;/h5-6,15,18H,7-14H2,1-4H3;1H. The molecule has 0 saturated carbocycles. The van der Waals surface area contributed by atoms with Crippen molar-refractivity contribution in [1.29, 1.82) is 0 Å². The molecule has 2 aliphatic rings. The topological polar surface area (TPSA) is 68.5 Å². The monoisotopic (exact) mass is 472 g/mol. The average molecular weight is 473 g/mol. The first kappa shape index (κ1) is 23.7. The molecule has 0 bridgehead atoms. The number of piperazine rings is 1. The van der Waals surface area contributed by atoms with Gasteiger partial charge in [-0.1, -0.05) is 0 Å². The van der Waals surface area contributed by atoms with Crippen LogP contribution in [0, 0.1) is 13.8 Å². The fourth-order valence-electron chi connectivity index (χ4n) is 4.80. The molecule has 4 heterocycles. The Kier molecular flexibility index (Phi) is 7.07. The third kappa shape index (κ3) is 4.52. The molecule has 8 nitrogen and oxygen atoms in total. The van der Waals surface area contributed by atoms with Gasteiger partial charge in [-0.25, -0.2) is 15.0 Å². The predicted octanol–water partition coefficient (Wildman–Crippen LogP) is 3.64. The van der Waals surface area contributed by atoms with E-state index in [-0.39, 0.29) is 12.4 Å². The Hall–Kier alpha value is -2.42. The number of benzene rings is 1. The van der Waals surface area contributed by atoms with Crippen molar-refractivity contribution >= 4 is 29.4 Å². The molecule has 178 valence electrons. The zero-order valence-corrected chi connectivity index (χ0v) is 20.7. The molecule has 0 N–H and O–H groups in total. The number of rotatable bonds is 4. The van der Waals surface area contributed by atoms with Gasteiger partial charge in [0.2, 0.25) is 0 Å². The van der Waals surface area contributed by atoms with Crippen molar-refractivity contribution in [3.05, 3.63) is 29.6 Å². The van der Waals surface area contributed by atoms with Crippen molar-refractivity contribution in [2.75, 3.05) is 58.5 Å². The highest BCUT2D eigenvalue weighted by Crippen LogP contribution is 2.37. The average Bonchev–Trinajstić information content (AvgIpc) is 3.18. The van der Waals surface area contributed by atoms with Crippen LogP contribution in [0.25, 0.3) is 22.6 Å². The normalized spacial score (nSPS) is 17.9. The van der Waals surface area contributed by atoms with Crippen molar-refractivity contribution in [3.63, 3.8) is 0 Å². The van der Waals surface area contributed by atoms with Gasteiger partial charge in [0.1, 0.15) is 17.4 Å².